The molecule has 18 heavy (non-hydrogen) atoms. The molecule has 1 aromatic heterocycles. The molecule has 2 aromatic rings. The highest BCUT2D eigenvalue weighted by molar-refractivity contribution is 7.22. The first-order chi connectivity index (χ1) is 8.90. The van der Waals surface area contributed by atoms with E-state index in [-0.39, 0.29) is 0 Å². The summed E-state index contributed by atoms with van der Waals surface area (Å²) in [6.45, 7) is 0.795. The number of nitrogens with zero attached hydrogens (tertiary/aromatic N) is 3. The fourth-order valence-electron chi connectivity index (χ4n) is 2.19. The number of hydrogen-bond acceptors (Lipinski definition) is 4. The van der Waals surface area contributed by atoms with E-state index >= 15 is 0 Å². The van der Waals surface area contributed by atoms with Crippen LogP contribution in [-0.4, -0.2) is 17.4 Å². The van der Waals surface area contributed by atoms with Crippen molar-refractivity contribution in [2.24, 2.45) is 5.10 Å². The number of hydrogen-bond donors (Lipinski definition) is 0. The lowest BCUT2D eigenvalue weighted by Crippen LogP contribution is -2.25. The molecule has 0 radical (unpaired) electrons. The number of fused-ring (bicyclic) bond motifs is 2. The molecule has 0 bridgehead atoms. The molecule has 0 amide bonds. The Bertz CT molecular complexity index is 663. The summed E-state index contributed by atoms with van der Waals surface area (Å²) in [4.78, 5) is 2.14. The Kier molecular flexibility index (Phi) is 2.04. The van der Waals surface area contributed by atoms with Gasteiger partial charge in [0, 0.05) is 10.9 Å². The summed E-state index contributed by atoms with van der Waals surface area (Å²) in [5.74, 6) is 1.01. The smallest absolute Gasteiger partial charge is 0.154 e. The first-order valence-electron chi connectivity index (χ1n) is 5.86. The van der Waals surface area contributed by atoms with Gasteiger partial charge in [-0.05, 0) is 29.7 Å². The van der Waals surface area contributed by atoms with E-state index < -0.39 is 0 Å². The average molecular weight is 253 g/mol. The number of anilines is 1. The molecule has 3 nitrogen and oxygen atoms in total. The van der Waals surface area contributed by atoms with Crippen molar-refractivity contribution < 1.29 is 0 Å². The largest absolute Gasteiger partial charge is 0.311 e. The van der Waals surface area contributed by atoms with Gasteiger partial charge in [-0.15, -0.1) is 11.3 Å². The van der Waals surface area contributed by atoms with E-state index in [1.54, 1.807) is 11.3 Å². The van der Waals surface area contributed by atoms with Crippen LogP contribution in [0.2, 0.25) is 0 Å². The summed E-state index contributed by atoms with van der Waals surface area (Å²) in [6, 6.07) is 10.7. The number of amidine groups is 1. The molecule has 88 valence electrons. The van der Waals surface area contributed by atoms with Crippen LogP contribution in [0.1, 0.15) is 0 Å². The molecule has 0 unspecified atom stereocenters. The minimum absolute atomic E-state index is 0.795. The number of thiophene rings is 1. The second-order valence-corrected chi connectivity index (χ2v) is 5.35. The highest BCUT2D eigenvalue weighted by atomic mass is 32.1. The molecule has 0 N–H and O–H groups in total. The van der Waals surface area contributed by atoms with E-state index in [0.29, 0.717) is 0 Å². The lowest BCUT2D eigenvalue weighted by Gasteiger charge is -2.16. The zero-order valence-corrected chi connectivity index (χ0v) is 10.5. The molecule has 0 aliphatic carbocycles. The van der Waals surface area contributed by atoms with E-state index in [4.69, 9.17) is 0 Å². The number of benzene rings is 1. The van der Waals surface area contributed by atoms with Gasteiger partial charge >= 0.3 is 0 Å². The van der Waals surface area contributed by atoms with Crippen molar-refractivity contribution in [3.63, 3.8) is 0 Å². The standard InChI is InChI=1S/C14H11N3S/c1-2-6-12-11(5-1)9-14(18-12)17-10-16-8-4-3-7-13(16)15-17/h1-9H,10H2. The molecule has 0 spiro atoms. The highest BCUT2D eigenvalue weighted by Crippen LogP contribution is 2.34. The van der Waals surface area contributed by atoms with E-state index in [1.165, 1.54) is 15.1 Å². The summed E-state index contributed by atoms with van der Waals surface area (Å²) >= 11 is 1.78. The van der Waals surface area contributed by atoms with Crippen molar-refractivity contribution in [1.29, 1.82) is 0 Å². The maximum Gasteiger partial charge on any atom is 0.154 e. The summed E-state index contributed by atoms with van der Waals surface area (Å²) in [6.07, 6.45) is 8.15. The average Bonchev–Trinajstić information content (AvgIpc) is 3.02. The zero-order chi connectivity index (χ0) is 11.9. The maximum absolute atomic E-state index is 4.62. The summed E-state index contributed by atoms with van der Waals surface area (Å²) in [7, 11) is 0. The second-order valence-electron chi connectivity index (χ2n) is 4.29. The quantitative estimate of drug-likeness (QED) is 0.776. The van der Waals surface area contributed by atoms with Gasteiger partial charge in [-0.3, -0.25) is 0 Å². The minimum atomic E-state index is 0.795. The highest BCUT2D eigenvalue weighted by Gasteiger charge is 2.22. The third-order valence-electron chi connectivity index (χ3n) is 3.09. The van der Waals surface area contributed by atoms with Gasteiger partial charge in [0.25, 0.3) is 0 Å². The van der Waals surface area contributed by atoms with Gasteiger partial charge in [-0.1, -0.05) is 24.3 Å². The Balaban J connectivity index is 1.74. The van der Waals surface area contributed by atoms with E-state index in [0.717, 1.165) is 12.5 Å². The summed E-state index contributed by atoms with van der Waals surface area (Å²) in [5.41, 5.74) is 0. The van der Waals surface area contributed by atoms with Crippen LogP contribution in [0.4, 0.5) is 5.00 Å². The monoisotopic (exact) mass is 253 g/mol. The topological polar surface area (TPSA) is 18.8 Å². The van der Waals surface area contributed by atoms with Crippen LogP contribution in [0.15, 0.2) is 59.9 Å². The van der Waals surface area contributed by atoms with Crippen LogP contribution in [0.3, 0.4) is 0 Å². The normalized spacial score (nSPS) is 17.4. The molecular weight excluding hydrogens is 242 g/mol. The molecule has 1 aromatic carbocycles. The Labute approximate surface area is 109 Å². The molecule has 4 rings (SSSR count). The molecule has 2 aliphatic heterocycles. The Hall–Kier alpha value is -2.07. The molecule has 0 saturated carbocycles. The maximum atomic E-state index is 4.62. The Morgan fingerprint density at radius 1 is 1.17 bits per heavy atom. The number of hydrazone groups is 1. The van der Waals surface area contributed by atoms with E-state index in [1.807, 2.05) is 18.2 Å². The fraction of sp³-hybridized carbons (Fsp3) is 0.0714. The molecular formula is C14H11N3S. The Morgan fingerprint density at radius 3 is 3.00 bits per heavy atom. The Morgan fingerprint density at radius 2 is 2.11 bits per heavy atom. The predicted molar refractivity (Wildman–Crippen MR) is 76.7 cm³/mol. The van der Waals surface area contributed by atoms with Gasteiger partial charge in [0.05, 0.1) is 0 Å². The van der Waals surface area contributed by atoms with Gasteiger partial charge in [0.1, 0.15) is 11.7 Å². The molecule has 3 heterocycles. The van der Waals surface area contributed by atoms with Crippen molar-refractivity contribution in [3.8, 4) is 0 Å². The molecule has 2 aliphatic rings. The molecule has 0 saturated heterocycles. The van der Waals surface area contributed by atoms with Crippen LogP contribution < -0.4 is 5.01 Å². The van der Waals surface area contributed by atoms with Crippen LogP contribution in [0.25, 0.3) is 10.1 Å². The van der Waals surface area contributed by atoms with E-state index in [9.17, 15) is 0 Å². The van der Waals surface area contributed by atoms with Crippen LogP contribution in [0.5, 0.6) is 0 Å². The third kappa shape index (κ3) is 1.46. The van der Waals surface area contributed by atoms with Gasteiger partial charge in [0.15, 0.2) is 5.84 Å². The lowest BCUT2D eigenvalue weighted by atomic mass is 10.3. The van der Waals surface area contributed by atoms with Gasteiger partial charge in [-0.25, -0.2) is 5.01 Å². The van der Waals surface area contributed by atoms with Crippen molar-refractivity contribution in [2.45, 2.75) is 0 Å². The second kappa shape index (κ2) is 3.71. The first-order valence-corrected chi connectivity index (χ1v) is 6.68. The van der Waals surface area contributed by atoms with Crippen LogP contribution in [-0.2, 0) is 0 Å². The van der Waals surface area contributed by atoms with E-state index in [2.05, 4.69) is 51.5 Å². The van der Waals surface area contributed by atoms with Gasteiger partial charge in [-0.2, -0.15) is 5.10 Å². The van der Waals surface area contributed by atoms with Crippen molar-refractivity contribution in [2.75, 3.05) is 11.7 Å². The number of allylic oxidation sites excluding steroid dienone is 2. The van der Waals surface area contributed by atoms with Crippen LogP contribution in [0, 0.1) is 0 Å². The van der Waals surface area contributed by atoms with Gasteiger partial charge in [0.2, 0.25) is 0 Å². The SMILES string of the molecule is C1=CC2=NN(c3cc4ccccc4s3)CN2C=C1. The fourth-order valence-corrected chi connectivity index (χ4v) is 3.20. The van der Waals surface area contributed by atoms with Crippen molar-refractivity contribution in [1.82, 2.24) is 4.90 Å². The van der Waals surface area contributed by atoms with Crippen molar-refractivity contribution in [3.05, 3.63) is 54.8 Å². The predicted octanol–water partition coefficient (Wildman–Crippen LogP) is 3.38. The third-order valence-corrected chi connectivity index (χ3v) is 4.22. The first kappa shape index (κ1) is 9.91. The summed E-state index contributed by atoms with van der Waals surface area (Å²) < 4.78 is 1.31. The summed E-state index contributed by atoms with van der Waals surface area (Å²) in [5, 5.41) is 9.16. The molecule has 0 fully saturated rings. The van der Waals surface area contributed by atoms with Crippen molar-refractivity contribution >= 4 is 32.3 Å². The minimum Gasteiger partial charge on any atom is -0.311 e. The number of rotatable bonds is 1. The molecule has 4 heteroatoms. The van der Waals surface area contributed by atoms with Gasteiger partial charge < -0.3 is 4.90 Å². The zero-order valence-electron chi connectivity index (χ0n) is 9.65. The lowest BCUT2D eigenvalue weighted by molar-refractivity contribution is 0.591. The van der Waals surface area contributed by atoms with Crippen LogP contribution >= 0.6 is 11.3 Å². The molecule has 0 atom stereocenters.